The first-order valence-corrected chi connectivity index (χ1v) is 8.16. The van der Waals surface area contributed by atoms with Gasteiger partial charge in [-0.2, -0.15) is 0 Å². The van der Waals surface area contributed by atoms with Gasteiger partial charge in [0.15, 0.2) is 5.78 Å². The van der Waals surface area contributed by atoms with Gasteiger partial charge in [0, 0.05) is 16.7 Å². The molecule has 0 aliphatic carbocycles. The van der Waals surface area contributed by atoms with Crippen molar-refractivity contribution in [3.63, 3.8) is 0 Å². The van der Waals surface area contributed by atoms with Gasteiger partial charge in [0.25, 0.3) is 0 Å². The Hall–Kier alpha value is -3.39. The van der Waals surface area contributed by atoms with E-state index in [0.717, 1.165) is 16.7 Å². The summed E-state index contributed by atoms with van der Waals surface area (Å²) < 4.78 is 5.86. The molecule has 0 amide bonds. The zero-order valence-corrected chi connectivity index (χ0v) is 13.6. The van der Waals surface area contributed by atoms with Crippen molar-refractivity contribution in [1.82, 2.24) is 0 Å². The summed E-state index contributed by atoms with van der Waals surface area (Å²) in [7, 11) is 0. The molecule has 0 fully saturated rings. The summed E-state index contributed by atoms with van der Waals surface area (Å²) in [6.07, 6.45) is 1.67. The predicted molar refractivity (Wildman–Crippen MR) is 99.5 cm³/mol. The van der Waals surface area contributed by atoms with Gasteiger partial charge in [0.1, 0.15) is 5.76 Å². The standard InChI is InChI=1S/C23H16O2/c24-22(18-12-6-2-7-13-18)21-20(17-10-4-1-5-11-17)16-25-23(21)19-14-8-3-9-15-19/h1-16H. The van der Waals surface area contributed by atoms with Crippen LogP contribution in [0, 0.1) is 0 Å². The van der Waals surface area contributed by atoms with Gasteiger partial charge in [-0.15, -0.1) is 0 Å². The summed E-state index contributed by atoms with van der Waals surface area (Å²) in [6.45, 7) is 0. The Labute approximate surface area is 146 Å². The normalized spacial score (nSPS) is 10.6. The summed E-state index contributed by atoms with van der Waals surface area (Å²) in [5.74, 6) is 0.570. The highest BCUT2D eigenvalue weighted by atomic mass is 16.3. The van der Waals surface area contributed by atoms with E-state index in [1.54, 1.807) is 6.26 Å². The number of carbonyl (C=O) groups excluding carboxylic acids is 1. The number of furan rings is 1. The molecule has 1 aromatic heterocycles. The number of hydrogen-bond donors (Lipinski definition) is 0. The maximum atomic E-state index is 13.2. The van der Waals surface area contributed by atoms with Crippen molar-refractivity contribution >= 4 is 5.78 Å². The van der Waals surface area contributed by atoms with Crippen LogP contribution in [0.15, 0.2) is 102 Å². The average molecular weight is 324 g/mol. The predicted octanol–water partition coefficient (Wildman–Crippen LogP) is 5.84. The second kappa shape index (κ2) is 6.62. The fraction of sp³-hybridized carbons (Fsp3) is 0. The molecule has 2 nitrogen and oxygen atoms in total. The monoisotopic (exact) mass is 324 g/mol. The van der Waals surface area contributed by atoms with Gasteiger partial charge in [-0.3, -0.25) is 4.79 Å². The van der Waals surface area contributed by atoms with Gasteiger partial charge in [-0.1, -0.05) is 91.0 Å². The minimum atomic E-state index is -0.0351. The molecule has 0 spiro atoms. The van der Waals surface area contributed by atoms with Crippen LogP contribution in [-0.4, -0.2) is 5.78 Å². The second-order valence-corrected chi connectivity index (χ2v) is 5.78. The Morgan fingerprint density at radius 1 is 0.640 bits per heavy atom. The van der Waals surface area contributed by atoms with Crippen LogP contribution in [0.2, 0.25) is 0 Å². The van der Waals surface area contributed by atoms with Crippen LogP contribution < -0.4 is 0 Å². The molecule has 3 aromatic carbocycles. The molecule has 4 rings (SSSR count). The molecule has 0 radical (unpaired) electrons. The molecule has 0 unspecified atom stereocenters. The van der Waals surface area contributed by atoms with Gasteiger partial charge < -0.3 is 4.42 Å². The average Bonchev–Trinajstić information content (AvgIpc) is 3.14. The Morgan fingerprint density at radius 3 is 1.76 bits per heavy atom. The van der Waals surface area contributed by atoms with E-state index < -0.39 is 0 Å². The van der Waals surface area contributed by atoms with Gasteiger partial charge in [0.05, 0.1) is 11.8 Å². The molecule has 4 aromatic rings. The molecule has 0 atom stereocenters. The Kier molecular flexibility index (Phi) is 4.01. The van der Waals surface area contributed by atoms with Crippen molar-refractivity contribution in [1.29, 1.82) is 0 Å². The van der Waals surface area contributed by atoms with Gasteiger partial charge in [-0.25, -0.2) is 0 Å². The van der Waals surface area contributed by atoms with Gasteiger partial charge in [-0.05, 0) is 5.56 Å². The largest absolute Gasteiger partial charge is 0.463 e. The van der Waals surface area contributed by atoms with Crippen molar-refractivity contribution < 1.29 is 9.21 Å². The summed E-state index contributed by atoms with van der Waals surface area (Å²) >= 11 is 0. The van der Waals surface area contributed by atoms with E-state index in [4.69, 9.17) is 4.42 Å². The van der Waals surface area contributed by atoms with Crippen LogP contribution in [0.25, 0.3) is 22.5 Å². The third-order valence-electron chi connectivity index (χ3n) is 4.17. The van der Waals surface area contributed by atoms with E-state index in [1.807, 2.05) is 91.0 Å². The molecule has 0 aliphatic rings. The lowest BCUT2D eigenvalue weighted by atomic mass is 9.94. The summed E-state index contributed by atoms with van der Waals surface area (Å²) in [5.41, 5.74) is 3.92. The van der Waals surface area contributed by atoms with Crippen molar-refractivity contribution in [2.75, 3.05) is 0 Å². The first kappa shape index (κ1) is 15.2. The maximum Gasteiger partial charge on any atom is 0.197 e. The van der Waals surface area contributed by atoms with Crippen molar-refractivity contribution in [2.45, 2.75) is 0 Å². The molecule has 0 saturated heterocycles. The highest BCUT2D eigenvalue weighted by Gasteiger charge is 2.23. The molecule has 25 heavy (non-hydrogen) atoms. The molecule has 0 aliphatic heterocycles. The Balaban J connectivity index is 1.93. The molecule has 0 saturated carbocycles. The van der Waals surface area contributed by atoms with Crippen LogP contribution in [0.3, 0.4) is 0 Å². The third kappa shape index (κ3) is 2.90. The number of benzene rings is 3. The summed E-state index contributed by atoms with van der Waals surface area (Å²) in [5, 5.41) is 0. The topological polar surface area (TPSA) is 30.2 Å². The summed E-state index contributed by atoms with van der Waals surface area (Å²) in [4.78, 5) is 13.2. The summed E-state index contributed by atoms with van der Waals surface area (Å²) in [6, 6.07) is 28.9. The lowest BCUT2D eigenvalue weighted by Gasteiger charge is -2.06. The van der Waals surface area contributed by atoms with E-state index in [9.17, 15) is 4.79 Å². The van der Waals surface area contributed by atoms with E-state index in [-0.39, 0.29) is 5.78 Å². The smallest absolute Gasteiger partial charge is 0.197 e. The minimum Gasteiger partial charge on any atom is -0.463 e. The van der Waals surface area contributed by atoms with Crippen LogP contribution in [0.1, 0.15) is 15.9 Å². The quantitative estimate of drug-likeness (QED) is 0.441. The number of ketones is 1. The minimum absolute atomic E-state index is 0.0351. The van der Waals surface area contributed by atoms with E-state index >= 15 is 0 Å². The zero-order chi connectivity index (χ0) is 17.1. The zero-order valence-electron chi connectivity index (χ0n) is 13.6. The van der Waals surface area contributed by atoms with E-state index in [1.165, 1.54) is 0 Å². The van der Waals surface area contributed by atoms with Crippen LogP contribution >= 0.6 is 0 Å². The van der Waals surface area contributed by atoms with Crippen LogP contribution in [0.5, 0.6) is 0 Å². The highest BCUT2D eigenvalue weighted by molar-refractivity contribution is 6.16. The molecular weight excluding hydrogens is 308 g/mol. The number of hydrogen-bond acceptors (Lipinski definition) is 2. The molecule has 0 bridgehead atoms. The number of carbonyl (C=O) groups is 1. The van der Waals surface area contributed by atoms with Crippen LogP contribution in [0.4, 0.5) is 0 Å². The van der Waals surface area contributed by atoms with Crippen molar-refractivity contribution in [3.8, 4) is 22.5 Å². The lowest BCUT2D eigenvalue weighted by Crippen LogP contribution is -2.03. The van der Waals surface area contributed by atoms with E-state index in [2.05, 4.69) is 0 Å². The fourth-order valence-corrected chi connectivity index (χ4v) is 2.95. The van der Waals surface area contributed by atoms with Crippen LogP contribution in [-0.2, 0) is 0 Å². The highest BCUT2D eigenvalue weighted by Crippen LogP contribution is 2.36. The second-order valence-electron chi connectivity index (χ2n) is 5.78. The maximum absolute atomic E-state index is 13.2. The Morgan fingerprint density at radius 2 is 1.16 bits per heavy atom. The van der Waals surface area contributed by atoms with E-state index in [0.29, 0.717) is 16.9 Å². The van der Waals surface area contributed by atoms with Crippen molar-refractivity contribution in [3.05, 3.63) is 108 Å². The lowest BCUT2D eigenvalue weighted by molar-refractivity contribution is 0.103. The fourth-order valence-electron chi connectivity index (χ4n) is 2.95. The SMILES string of the molecule is O=C(c1ccccc1)c1c(-c2ccccc2)coc1-c1ccccc1. The molecule has 1 heterocycles. The first-order chi connectivity index (χ1) is 12.3. The molecule has 120 valence electrons. The van der Waals surface area contributed by atoms with Gasteiger partial charge >= 0.3 is 0 Å². The molecule has 0 N–H and O–H groups in total. The molecular formula is C23H16O2. The van der Waals surface area contributed by atoms with Crippen molar-refractivity contribution in [2.24, 2.45) is 0 Å². The third-order valence-corrected chi connectivity index (χ3v) is 4.17. The molecule has 2 heteroatoms. The first-order valence-electron chi connectivity index (χ1n) is 8.16. The van der Waals surface area contributed by atoms with Gasteiger partial charge in [0.2, 0.25) is 0 Å². The number of rotatable bonds is 4. The Bertz CT molecular complexity index is 927.